The van der Waals surface area contributed by atoms with E-state index in [-0.39, 0.29) is 22.8 Å². The second-order valence-corrected chi connectivity index (χ2v) is 4.49. The fraction of sp³-hybridized carbons (Fsp3) is 0.154. The molecule has 0 aliphatic rings. The number of hydrogen-bond acceptors (Lipinski definition) is 3. The average Bonchev–Trinajstić information content (AvgIpc) is 2.43. The molecule has 1 aromatic carbocycles. The smallest absolute Gasteiger partial charge is 0.339 e. The molecule has 1 heterocycles. The van der Waals surface area contributed by atoms with Crippen LogP contribution in [0.25, 0.3) is 0 Å². The average molecular weight is 317 g/mol. The number of alkyl halides is 2. The van der Waals surface area contributed by atoms with Crippen molar-refractivity contribution in [2.45, 2.75) is 12.8 Å². The van der Waals surface area contributed by atoms with Crippen LogP contribution in [0, 0.1) is 5.82 Å². The third-order valence-electron chi connectivity index (χ3n) is 2.69. The lowest BCUT2D eigenvalue weighted by molar-refractivity contribution is 0.0681. The van der Waals surface area contributed by atoms with Gasteiger partial charge < -0.3 is 5.11 Å². The number of carboxylic acid groups (broad SMARTS) is 1. The highest BCUT2D eigenvalue weighted by Crippen LogP contribution is 2.23. The van der Waals surface area contributed by atoms with E-state index in [1.54, 1.807) is 0 Å². The molecule has 2 rings (SSSR count). The first kappa shape index (κ1) is 15.2. The van der Waals surface area contributed by atoms with Gasteiger partial charge >= 0.3 is 5.97 Å². The van der Waals surface area contributed by atoms with E-state index in [4.69, 9.17) is 16.7 Å². The van der Waals surface area contributed by atoms with Crippen LogP contribution in [0.1, 0.15) is 33.9 Å². The van der Waals surface area contributed by atoms with Crippen molar-refractivity contribution >= 4 is 17.6 Å². The van der Waals surface area contributed by atoms with E-state index in [1.807, 2.05) is 0 Å². The maximum Gasteiger partial charge on any atom is 0.339 e. The van der Waals surface area contributed by atoms with Gasteiger partial charge in [-0.1, -0.05) is 23.7 Å². The minimum absolute atomic E-state index is 0.108. The summed E-state index contributed by atoms with van der Waals surface area (Å²) in [4.78, 5) is 18.0. The molecule has 0 spiro atoms. The van der Waals surface area contributed by atoms with Crippen molar-refractivity contribution in [2.75, 3.05) is 0 Å². The molecule has 0 saturated heterocycles. The third kappa shape index (κ3) is 3.30. The minimum atomic E-state index is -3.07. The molecule has 0 radical (unpaired) electrons. The summed E-state index contributed by atoms with van der Waals surface area (Å²) < 4.78 is 39.3. The summed E-state index contributed by atoms with van der Waals surface area (Å²) >= 11 is 5.62. The predicted molar refractivity (Wildman–Crippen MR) is 68.2 cm³/mol. The molecule has 0 fully saturated rings. The van der Waals surface area contributed by atoms with Crippen LogP contribution in [0.2, 0.25) is 5.02 Å². The highest BCUT2D eigenvalue weighted by atomic mass is 35.5. The van der Waals surface area contributed by atoms with E-state index < -0.39 is 29.5 Å². The van der Waals surface area contributed by atoms with Crippen molar-refractivity contribution in [1.82, 2.24) is 9.97 Å². The minimum Gasteiger partial charge on any atom is -0.478 e. The Morgan fingerprint density at radius 1 is 1.38 bits per heavy atom. The fourth-order valence-corrected chi connectivity index (χ4v) is 1.90. The molecule has 0 atom stereocenters. The molecule has 0 amide bonds. The van der Waals surface area contributed by atoms with Gasteiger partial charge in [0, 0.05) is 12.6 Å². The highest BCUT2D eigenvalue weighted by molar-refractivity contribution is 6.30. The van der Waals surface area contributed by atoms with Crippen LogP contribution in [0.3, 0.4) is 0 Å². The standard InChI is InChI=1S/C13H8ClF3N2O2/c14-8-3-1-2-6(10(8)15)4-9-18-5-7(13(20)21)11(19-9)12(16)17/h1-3,5,12H,4H2,(H,20,21). The van der Waals surface area contributed by atoms with E-state index in [0.717, 1.165) is 6.20 Å². The summed E-state index contributed by atoms with van der Waals surface area (Å²) in [5.41, 5.74) is -1.44. The predicted octanol–water partition coefficient (Wildman–Crippen LogP) is 3.50. The second-order valence-electron chi connectivity index (χ2n) is 4.08. The Bertz CT molecular complexity index is 695. The van der Waals surface area contributed by atoms with Crippen LogP contribution >= 0.6 is 11.6 Å². The zero-order valence-corrected chi connectivity index (χ0v) is 11.1. The second kappa shape index (κ2) is 6.09. The van der Waals surface area contributed by atoms with E-state index in [1.165, 1.54) is 18.2 Å². The van der Waals surface area contributed by atoms with Crippen LogP contribution in [-0.2, 0) is 6.42 Å². The van der Waals surface area contributed by atoms with Crippen LogP contribution in [0.15, 0.2) is 24.4 Å². The largest absolute Gasteiger partial charge is 0.478 e. The first-order valence-corrected chi connectivity index (χ1v) is 6.08. The third-order valence-corrected chi connectivity index (χ3v) is 2.98. The first-order valence-electron chi connectivity index (χ1n) is 5.70. The molecule has 21 heavy (non-hydrogen) atoms. The molecular weight excluding hydrogens is 309 g/mol. The van der Waals surface area contributed by atoms with Gasteiger partial charge in [0.2, 0.25) is 0 Å². The van der Waals surface area contributed by atoms with Crippen LogP contribution < -0.4 is 0 Å². The van der Waals surface area contributed by atoms with E-state index in [9.17, 15) is 18.0 Å². The fourth-order valence-electron chi connectivity index (χ4n) is 1.70. The van der Waals surface area contributed by atoms with Crippen LogP contribution in [0.4, 0.5) is 13.2 Å². The van der Waals surface area contributed by atoms with Crippen LogP contribution in [0.5, 0.6) is 0 Å². The Kier molecular flexibility index (Phi) is 4.42. The number of aromatic nitrogens is 2. The highest BCUT2D eigenvalue weighted by Gasteiger charge is 2.21. The Morgan fingerprint density at radius 3 is 2.71 bits per heavy atom. The number of carboxylic acids is 1. The number of carbonyl (C=O) groups is 1. The lowest BCUT2D eigenvalue weighted by Gasteiger charge is -2.07. The molecule has 4 nitrogen and oxygen atoms in total. The molecular formula is C13H8ClF3N2O2. The maximum atomic E-state index is 13.7. The SMILES string of the molecule is O=C(O)c1cnc(Cc2cccc(Cl)c2F)nc1C(F)F. The molecule has 110 valence electrons. The Balaban J connectivity index is 2.39. The molecule has 1 aromatic heterocycles. The summed E-state index contributed by atoms with van der Waals surface area (Å²) in [6, 6.07) is 4.26. The van der Waals surface area contributed by atoms with Crippen molar-refractivity contribution in [3.05, 3.63) is 57.9 Å². The quantitative estimate of drug-likeness (QED) is 0.937. The molecule has 8 heteroatoms. The normalized spacial score (nSPS) is 10.9. The number of halogens is 4. The summed E-state index contributed by atoms with van der Waals surface area (Å²) in [5.74, 6) is -2.36. The lowest BCUT2D eigenvalue weighted by Crippen LogP contribution is -2.10. The number of hydrogen-bond donors (Lipinski definition) is 1. The van der Waals surface area contributed by atoms with Crippen molar-refractivity contribution in [1.29, 1.82) is 0 Å². The van der Waals surface area contributed by atoms with Crippen molar-refractivity contribution in [2.24, 2.45) is 0 Å². The van der Waals surface area contributed by atoms with Crippen molar-refractivity contribution < 1.29 is 23.1 Å². The Hall–Kier alpha value is -2.15. The van der Waals surface area contributed by atoms with Crippen molar-refractivity contribution in [3.8, 4) is 0 Å². The van der Waals surface area contributed by atoms with E-state index in [0.29, 0.717) is 0 Å². The van der Waals surface area contributed by atoms with Gasteiger partial charge in [-0.2, -0.15) is 0 Å². The number of rotatable bonds is 4. The molecule has 0 aliphatic carbocycles. The molecule has 0 saturated carbocycles. The van der Waals surface area contributed by atoms with E-state index in [2.05, 4.69) is 9.97 Å². The van der Waals surface area contributed by atoms with Crippen LogP contribution in [-0.4, -0.2) is 21.0 Å². The molecule has 1 N–H and O–H groups in total. The van der Waals surface area contributed by atoms with Gasteiger partial charge in [0.15, 0.2) is 0 Å². The monoisotopic (exact) mass is 316 g/mol. The number of nitrogens with zero attached hydrogens (tertiary/aromatic N) is 2. The topological polar surface area (TPSA) is 63.1 Å². The van der Waals surface area contributed by atoms with Gasteiger partial charge in [0.05, 0.1) is 5.02 Å². The molecule has 0 unspecified atom stereocenters. The van der Waals surface area contributed by atoms with Crippen molar-refractivity contribution in [3.63, 3.8) is 0 Å². The zero-order valence-electron chi connectivity index (χ0n) is 10.4. The maximum absolute atomic E-state index is 13.7. The molecule has 2 aromatic rings. The lowest BCUT2D eigenvalue weighted by atomic mass is 10.1. The Morgan fingerprint density at radius 2 is 2.10 bits per heavy atom. The van der Waals surface area contributed by atoms with Gasteiger partial charge in [-0.15, -0.1) is 0 Å². The van der Waals surface area contributed by atoms with Gasteiger partial charge in [-0.05, 0) is 11.6 Å². The summed E-state index contributed by atoms with van der Waals surface area (Å²) in [6.07, 6.45) is -2.46. The van der Waals surface area contributed by atoms with Gasteiger partial charge in [-0.25, -0.2) is 27.9 Å². The summed E-state index contributed by atoms with van der Waals surface area (Å²) in [6.45, 7) is 0. The molecule has 0 bridgehead atoms. The first-order chi connectivity index (χ1) is 9.90. The zero-order chi connectivity index (χ0) is 15.6. The summed E-state index contributed by atoms with van der Waals surface area (Å²) in [5, 5.41) is 8.68. The number of aromatic carboxylic acids is 1. The van der Waals surface area contributed by atoms with E-state index >= 15 is 0 Å². The molecule has 0 aliphatic heterocycles. The van der Waals surface area contributed by atoms with Gasteiger partial charge in [-0.3, -0.25) is 0 Å². The van der Waals surface area contributed by atoms with Gasteiger partial charge in [0.25, 0.3) is 6.43 Å². The number of benzene rings is 1. The Labute approximate surface area is 122 Å². The van der Waals surface area contributed by atoms with Gasteiger partial charge in [0.1, 0.15) is 22.9 Å². The summed E-state index contributed by atoms with van der Waals surface area (Å²) in [7, 11) is 0.